The van der Waals surface area contributed by atoms with Crippen LogP contribution in [0.4, 0.5) is 5.69 Å². The van der Waals surface area contributed by atoms with Crippen LogP contribution < -0.4 is 5.32 Å². The highest BCUT2D eigenvalue weighted by molar-refractivity contribution is 5.45. The van der Waals surface area contributed by atoms with Crippen LogP contribution in [0, 0.1) is 18.8 Å². The smallest absolute Gasteiger partial charge is 0.0342 e. The number of fused-ring (bicyclic) bond motifs is 2. The third-order valence-electron chi connectivity index (χ3n) is 4.14. The number of hydrogen-bond acceptors (Lipinski definition) is 1. The van der Waals surface area contributed by atoms with Gasteiger partial charge in [0.1, 0.15) is 0 Å². The average molecular weight is 201 g/mol. The van der Waals surface area contributed by atoms with Gasteiger partial charge < -0.3 is 5.32 Å². The summed E-state index contributed by atoms with van der Waals surface area (Å²) in [6, 6.07) is 9.56. The van der Waals surface area contributed by atoms with Gasteiger partial charge in [0.05, 0.1) is 0 Å². The molecule has 0 heterocycles. The van der Waals surface area contributed by atoms with Crippen molar-refractivity contribution < 1.29 is 0 Å². The minimum Gasteiger partial charge on any atom is -0.382 e. The van der Waals surface area contributed by atoms with Gasteiger partial charge in [-0.25, -0.2) is 0 Å². The Kier molecular flexibility index (Phi) is 2.19. The fourth-order valence-electron chi connectivity index (χ4n) is 3.29. The number of anilines is 1. The van der Waals surface area contributed by atoms with Crippen LogP contribution in [0.3, 0.4) is 0 Å². The van der Waals surface area contributed by atoms with Crippen molar-refractivity contribution in [1.29, 1.82) is 0 Å². The molecular weight excluding hydrogens is 182 g/mol. The fourth-order valence-corrected chi connectivity index (χ4v) is 3.29. The molecular formula is C14H19N. The Morgan fingerprint density at radius 1 is 1.07 bits per heavy atom. The van der Waals surface area contributed by atoms with E-state index in [1.807, 2.05) is 0 Å². The van der Waals surface area contributed by atoms with E-state index in [2.05, 4.69) is 36.5 Å². The molecule has 0 radical (unpaired) electrons. The third kappa shape index (κ3) is 1.75. The minimum absolute atomic E-state index is 0.756. The summed E-state index contributed by atoms with van der Waals surface area (Å²) in [5, 5.41) is 3.70. The first-order valence-electron chi connectivity index (χ1n) is 6.14. The molecule has 0 amide bonds. The van der Waals surface area contributed by atoms with E-state index in [4.69, 9.17) is 0 Å². The number of benzene rings is 1. The van der Waals surface area contributed by atoms with Gasteiger partial charge in [-0.05, 0) is 50.2 Å². The summed E-state index contributed by atoms with van der Waals surface area (Å²) < 4.78 is 0. The molecule has 0 spiro atoms. The number of aryl methyl sites for hydroxylation is 1. The first-order chi connectivity index (χ1) is 7.31. The summed E-state index contributed by atoms with van der Waals surface area (Å²) in [5.74, 6) is 1.98. The van der Waals surface area contributed by atoms with Crippen molar-refractivity contribution in [2.75, 3.05) is 5.32 Å². The molecule has 0 aliphatic heterocycles. The Hall–Kier alpha value is -0.980. The molecule has 1 aromatic rings. The lowest BCUT2D eigenvalue weighted by Gasteiger charge is -2.24. The number of nitrogens with one attached hydrogen (secondary N) is 1. The van der Waals surface area contributed by atoms with Gasteiger partial charge in [-0.1, -0.05) is 24.1 Å². The molecule has 2 aliphatic carbocycles. The zero-order valence-electron chi connectivity index (χ0n) is 9.37. The standard InChI is InChI=1S/C14H19N/c1-10-2-6-13(7-3-10)15-14-9-11-4-5-12(14)8-11/h2-3,6-7,11-12,14-15H,4-5,8-9H2,1H3. The van der Waals surface area contributed by atoms with Crippen LogP contribution in [0.25, 0.3) is 0 Å². The summed E-state index contributed by atoms with van der Waals surface area (Å²) in [7, 11) is 0. The molecule has 3 atom stereocenters. The minimum atomic E-state index is 0.756. The normalized spacial score (nSPS) is 33.3. The molecule has 0 aromatic heterocycles. The van der Waals surface area contributed by atoms with E-state index in [-0.39, 0.29) is 0 Å². The molecule has 2 bridgehead atoms. The van der Waals surface area contributed by atoms with Gasteiger partial charge in [-0.3, -0.25) is 0 Å². The van der Waals surface area contributed by atoms with Gasteiger partial charge in [-0.15, -0.1) is 0 Å². The predicted octanol–water partition coefficient (Wildman–Crippen LogP) is 3.60. The highest BCUT2D eigenvalue weighted by Gasteiger charge is 2.39. The van der Waals surface area contributed by atoms with Crippen molar-refractivity contribution in [1.82, 2.24) is 0 Å². The lowest BCUT2D eigenvalue weighted by Crippen LogP contribution is -2.25. The maximum Gasteiger partial charge on any atom is 0.0342 e. The Morgan fingerprint density at radius 3 is 2.47 bits per heavy atom. The van der Waals surface area contributed by atoms with Crippen molar-refractivity contribution in [2.24, 2.45) is 11.8 Å². The maximum atomic E-state index is 3.70. The van der Waals surface area contributed by atoms with E-state index < -0.39 is 0 Å². The summed E-state index contributed by atoms with van der Waals surface area (Å²) in [6.45, 7) is 2.14. The van der Waals surface area contributed by atoms with Gasteiger partial charge in [0.25, 0.3) is 0 Å². The van der Waals surface area contributed by atoms with Crippen molar-refractivity contribution in [3.05, 3.63) is 29.8 Å². The molecule has 1 aromatic carbocycles. The highest BCUT2D eigenvalue weighted by Crippen LogP contribution is 2.45. The molecule has 1 nitrogen and oxygen atoms in total. The molecule has 2 fully saturated rings. The monoisotopic (exact) mass is 201 g/mol. The van der Waals surface area contributed by atoms with Gasteiger partial charge >= 0.3 is 0 Å². The average Bonchev–Trinajstić information content (AvgIpc) is 2.83. The third-order valence-corrected chi connectivity index (χ3v) is 4.14. The Balaban J connectivity index is 1.68. The first-order valence-corrected chi connectivity index (χ1v) is 6.14. The van der Waals surface area contributed by atoms with Gasteiger partial charge in [0.2, 0.25) is 0 Å². The molecule has 2 aliphatic rings. The van der Waals surface area contributed by atoms with Crippen molar-refractivity contribution in [3.63, 3.8) is 0 Å². The van der Waals surface area contributed by atoms with Crippen LogP contribution in [-0.2, 0) is 0 Å². The lowest BCUT2D eigenvalue weighted by atomic mass is 9.95. The van der Waals surface area contributed by atoms with Crippen LogP contribution in [0.5, 0.6) is 0 Å². The molecule has 2 saturated carbocycles. The molecule has 80 valence electrons. The second-order valence-corrected chi connectivity index (χ2v) is 5.29. The van der Waals surface area contributed by atoms with Crippen LogP contribution in [-0.4, -0.2) is 6.04 Å². The Bertz CT molecular complexity index is 341. The van der Waals surface area contributed by atoms with Crippen LogP contribution in [0.15, 0.2) is 24.3 Å². The van der Waals surface area contributed by atoms with E-state index in [1.54, 1.807) is 0 Å². The highest BCUT2D eigenvalue weighted by atomic mass is 14.9. The van der Waals surface area contributed by atoms with Crippen molar-refractivity contribution >= 4 is 5.69 Å². The fraction of sp³-hybridized carbons (Fsp3) is 0.571. The van der Waals surface area contributed by atoms with Gasteiger partial charge in [0.15, 0.2) is 0 Å². The molecule has 1 N–H and O–H groups in total. The second-order valence-electron chi connectivity index (χ2n) is 5.29. The molecule has 3 rings (SSSR count). The van der Waals surface area contributed by atoms with Gasteiger partial charge in [0, 0.05) is 11.7 Å². The molecule has 3 unspecified atom stereocenters. The zero-order valence-corrected chi connectivity index (χ0v) is 9.37. The van der Waals surface area contributed by atoms with Crippen LogP contribution in [0.2, 0.25) is 0 Å². The second kappa shape index (κ2) is 3.55. The number of rotatable bonds is 2. The Labute approximate surface area is 91.9 Å². The van der Waals surface area contributed by atoms with Crippen LogP contribution >= 0.6 is 0 Å². The first kappa shape index (κ1) is 9.26. The van der Waals surface area contributed by atoms with Crippen molar-refractivity contribution in [3.8, 4) is 0 Å². The van der Waals surface area contributed by atoms with E-state index in [0.717, 1.165) is 17.9 Å². The molecule has 15 heavy (non-hydrogen) atoms. The molecule has 1 heteroatoms. The topological polar surface area (TPSA) is 12.0 Å². The van der Waals surface area contributed by atoms with E-state index in [0.29, 0.717) is 0 Å². The summed E-state index contributed by atoms with van der Waals surface area (Å²) in [5.41, 5.74) is 2.65. The largest absolute Gasteiger partial charge is 0.382 e. The lowest BCUT2D eigenvalue weighted by molar-refractivity contribution is 0.440. The zero-order chi connectivity index (χ0) is 10.3. The SMILES string of the molecule is Cc1ccc(NC2CC3CCC2C3)cc1. The summed E-state index contributed by atoms with van der Waals surface area (Å²) >= 11 is 0. The Morgan fingerprint density at radius 2 is 1.87 bits per heavy atom. The van der Waals surface area contributed by atoms with Gasteiger partial charge in [-0.2, -0.15) is 0 Å². The summed E-state index contributed by atoms with van der Waals surface area (Å²) in [6.07, 6.45) is 5.81. The van der Waals surface area contributed by atoms with Crippen molar-refractivity contribution in [2.45, 2.75) is 38.6 Å². The quantitative estimate of drug-likeness (QED) is 0.771. The molecule has 0 saturated heterocycles. The maximum absolute atomic E-state index is 3.70. The van der Waals surface area contributed by atoms with E-state index in [1.165, 1.54) is 36.9 Å². The predicted molar refractivity (Wildman–Crippen MR) is 64.0 cm³/mol. The van der Waals surface area contributed by atoms with Crippen LogP contribution in [0.1, 0.15) is 31.2 Å². The van der Waals surface area contributed by atoms with E-state index in [9.17, 15) is 0 Å². The number of hydrogen-bond donors (Lipinski definition) is 1. The summed E-state index contributed by atoms with van der Waals surface area (Å²) in [4.78, 5) is 0. The van der Waals surface area contributed by atoms with E-state index >= 15 is 0 Å².